The highest BCUT2D eigenvalue weighted by molar-refractivity contribution is 7.09. The lowest BCUT2D eigenvalue weighted by Gasteiger charge is -2.10. The number of aromatic nitrogens is 1. The zero-order valence-electron chi connectivity index (χ0n) is 11.9. The van der Waals surface area contributed by atoms with E-state index >= 15 is 0 Å². The van der Waals surface area contributed by atoms with Crippen LogP contribution in [0.5, 0.6) is 5.75 Å². The Morgan fingerprint density at radius 1 is 1.43 bits per heavy atom. The Morgan fingerprint density at radius 3 is 2.86 bits per heavy atom. The van der Waals surface area contributed by atoms with Crippen LogP contribution in [0.3, 0.4) is 0 Å². The van der Waals surface area contributed by atoms with Crippen molar-refractivity contribution in [3.63, 3.8) is 0 Å². The standard InChI is InChI=1S/C15H19N3O2S/c1-11(15-17-7-9-21-15)10-18-14(19)6-8-20-13-4-2-12(16)3-5-13/h2-5,7,9,11H,6,8,10,16H2,1H3,(H,18,19). The minimum Gasteiger partial charge on any atom is -0.493 e. The molecule has 1 aromatic carbocycles. The van der Waals surface area contributed by atoms with Gasteiger partial charge in [-0.15, -0.1) is 11.3 Å². The third kappa shape index (κ3) is 5.07. The van der Waals surface area contributed by atoms with Gasteiger partial charge in [0.05, 0.1) is 18.0 Å². The first-order chi connectivity index (χ1) is 10.1. The summed E-state index contributed by atoms with van der Waals surface area (Å²) in [5, 5.41) is 5.87. The van der Waals surface area contributed by atoms with Crippen LogP contribution < -0.4 is 15.8 Å². The maximum absolute atomic E-state index is 11.7. The molecule has 0 radical (unpaired) electrons. The van der Waals surface area contributed by atoms with E-state index in [1.165, 1.54) is 0 Å². The van der Waals surface area contributed by atoms with Crippen LogP contribution in [0.2, 0.25) is 0 Å². The molecule has 3 N–H and O–H groups in total. The van der Waals surface area contributed by atoms with Crippen molar-refractivity contribution in [2.75, 3.05) is 18.9 Å². The van der Waals surface area contributed by atoms with Crippen LogP contribution in [-0.4, -0.2) is 24.0 Å². The van der Waals surface area contributed by atoms with E-state index in [2.05, 4.69) is 10.3 Å². The molecule has 1 heterocycles. The van der Waals surface area contributed by atoms with Gasteiger partial charge in [-0.2, -0.15) is 0 Å². The number of rotatable bonds is 7. The molecule has 0 saturated heterocycles. The summed E-state index contributed by atoms with van der Waals surface area (Å²) in [7, 11) is 0. The molecular formula is C15H19N3O2S. The second-order valence-corrected chi connectivity index (χ2v) is 5.67. The lowest BCUT2D eigenvalue weighted by molar-refractivity contribution is -0.121. The zero-order valence-corrected chi connectivity index (χ0v) is 12.7. The first-order valence-corrected chi connectivity index (χ1v) is 7.67. The van der Waals surface area contributed by atoms with Gasteiger partial charge in [-0.05, 0) is 24.3 Å². The molecule has 5 nitrogen and oxygen atoms in total. The highest BCUT2D eigenvalue weighted by atomic mass is 32.1. The van der Waals surface area contributed by atoms with Gasteiger partial charge in [0.2, 0.25) is 5.91 Å². The molecule has 0 aliphatic heterocycles. The molecule has 1 aromatic heterocycles. The van der Waals surface area contributed by atoms with Crippen LogP contribution >= 0.6 is 11.3 Å². The summed E-state index contributed by atoms with van der Waals surface area (Å²) in [5.41, 5.74) is 6.28. The highest BCUT2D eigenvalue weighted by Crippen LogP contribution is 2.16. The SMILES string of the molecule is CC(CNC(=O)CCOc1ccc(N)cc1)c1nccs1. The van der Waals surface area contributed by atoms with Crippen molar-refractivity contribution in [2.45, 2.75) is 19.3 Å². The molecule has 0 fully saturated rings. The van der Waals surface area contributed by atoms with Crippen LogP contribution in [0.15, 0.2) is 35.8 Å². The van der Waals surface area contributed by atoms with Crippen LogP contribution in [-0.2, 0) is 4.79 Å². The van der Waals surface area contributed by atoms with Gasteiger partial charge in [0.1, 0.15) is 5.75 Å². The van der Waals surface area contributed by atoms with Gasteiger partial charge in [0, 0.05) is 29.7 Å². The Bertz CT molecular complexity index is 555. The monoisotopic (exact) mass is 305 g/mol. The Labute approximate surface area is 128 Å². The van der Waals surface area contributed by atoms with Gasteiger partial charge in [-0.25, -0.2) is 4.98 Å². The number of nitrogens with one attached hydrogen (secondary N) is 1. The predicted octanol–water partition coefficient (Wildman–Crippen LogP) is 2.41. The summed E-state index contributed by atoms with van der Waals surface area (Å²) in [6.07, 6.45) is 2.10. The average molecular weight is 305 g/mol. The first-order valence-electron chi connectivity index (χ1n) is 6.79. The summed E-state index contributed by atoms with van der Waals surface area (Å²) in [6, 6.07) is 7.12. The molecule has 6 heteroatoms. The molecule has 112 valence electrons. The topological polar surface area (TPSA) is 77.2 Å². The van der Waals surface area contributed by atoms with Crippen molar-refractivity contribution in [3.05, 3.63) is 40.8 Å². The highest BCUT2D eigenvalue weighted by Gasteiger charge is 2.10. The maximum atomic E-state index is 11.7. The summed E-state index contributed by atoms with van der Waals surface area (Å²) in [4.78, 5) is 16.0. The van der Waals surface area contributed by atoms with Crippen molar-refractivity contribution in [3.8, 4) is 5.75 Å². The van der Waals surface area contributed by atoms with Crippen LogP contribution in [0.1, 0.15) is 24.3 Å². The Morgan fingerprint density at radius 2 is 2.19 bits per heavy atom. The van der Waals surface area contributed by atoms with Crippen LogP contribution in [0.25, 0.3) is 0 Å². The summed E-state index contributed by atoms with van der Waals surface area (Å²) in [6.45, 7) is 2.99. The van der Waals surface area contributed by atoms with Gasteiger partial charge >= 0.3 is 0 Å². The number of hydrogen-bond donors (Lipinski definition) is 2. The number of nitrogens with two attached hydrogens (primary N) is 1. The summed E-state index contributed by atoms with van der Waals surface area (Å²) < 4.78 is 5.48. The number of hydrogen-bond acceptors (Lipinski definition) is 5. The second kappa shape index (κ2) is 7.64. The van der Waals surface area contributed by atoms with E-state index < -0.39 is 0 Å². The molecule has 2 aromatic rings. The second-order valence-electron chi connectivity index (χ2n) is 4.74. The van der Waals surface area contributed by atoms with E-state index in [4.69, 9.17) is 10.5 Å². The normalized spacial score (nSPS) is 11.9. The van der Waals surface area contributed by atoms with E-state index in [0.717, 1.165) is 5.01 Å². The first kappa shape index (κ1) is 15.3. The third-order valence-electron chi connectivity index (χ3n) is 2.96. The fourth-order valence-corrected chi connectivity index (χ4v) is 2.44. The van der Waals surface area contributed by atoms with Gasteiger partial charge < -0.3 is 15.8 Å². The number of amides is 1. The molecular weight excluding hydrogens is 286 g/mol. The molecule has 0 aliphatic rings. The molecule has 0 saturated carbocycles. The zero-order chi connectivity index (χ0) is 15.1. The Balaban J connectivity index is 1.64. The van der Waals surface area contributed by atoms with Gasteiger partial charge in [0.25, 0.3) is 0 Å². The van der Waals surface area contributed by atoms with E-state index in [0.29, 0.717) is 31.0 Å². The van der Waals surface area contributed by atoms with Crippen molar-refractivity contribution in [2.24, 2.45) is 0 Å². The number of nitrogen functional groups attached to an aromatic ring is 1. The van der Waals surface area contributed by atoms with E-state index in [1.807, 2.05) is 12.3 Å². The molecule has 21 heavy (non-hydrogen) atoms. The van der Waals surface area contributed by atoms with Crippen molar-refractivity contribution in [1.82, 2.24) is 10.3 Å². The number of benzene rings is 1. The lowest BCUT2D eigenvalue weighted by atomic mass is 10.2. The van der Waals surface area contributed by atoms with E-state index in [-0.39, 0.29) is 11.8 Å². The maximum Gasteiger partial charge on any atom is 0.223 e. The minimum absolute atomic E-state index is 0.0196. The fraction of sp³-hybridized carbons (Fsp3) is 0.333. The molecule has 1 amide bonds. The van der Waals surface area contributed by atoms with Crippen molar-refractivity contribution >= 4 is 22.9 Å². The van der Waals surface area contributed by atoms with Crippen molar-refractivity contribution < 1.29 is 9.53 Å². The number of ether oxygens (including phenoxy) is 1. The molecule has 0 spiro atoms. The number of carbonyl (C=O) groups excluding carboxylic acids is 1. The van der Waals surface area contributed by atoms with E-state index in [9.17, 15) is 4.79 Å². The van der Waals surface area contributed by atoms with Gasteiger partial charge in [0.15, 0.2) is 0 Å². The smallest absolute Gasteiger partial charge is 0.223 e. The predicted molar refractivity (Wildman–Crippen MR) is 84.5 cm³/mol. The number of carbonyl (C=O) groups is 1. The Kier molecular flexibility index (Phi) is 5.57. The third-order valence-corrected chi connectivity index (χ3v) is 3.96. The number of nitrogens with zero attached hydrogens (tertiary/aromatic N) is 1. The Hall–Kier alpha value is -2.08. The van der Waals surface area contributed by atoms with Gasteiger partial charge in [-0.3, -0.25) is 4.79 Å². The largest absolute Gasteiger partial charge is 0.493 e. The summed E-state index contributed by atoms with van der Waals surface area (Å²) >= 11 is 1.60. The average Bonchev–Trinajstić information content (AvgIpc) is 3.01. The molecule has 1 unspecified atom stereocenters. The molecule has 0 aliphatic carbocycles. The molecule has 1 atom stereocenters. The van der Waals surface area contributed by atoms with Crippen LogP contribution in [0, 0.1) is 0 Å². The quantitative estimate of drug-likeness (QED) is 0.770. The number of anilines is 1. The molecule has 2 rings (SSSR count). The minimum atomic E-state index is -0.0196. The van der Waals surface area contributed by atoms with E-state index in [1.54, 1.807) is 41.8 Å². The van der Waals surface area contributed by atoms with Gasteiger partial charge in [-0.1, -0.05) is 6.92 Å². The summed E-state index contributed by atoms with van der Waals surface area (Å²) in [5.74, 6) is 0.925. The number of thiazole rings is 1. The molecule has 0 bridgehead atoms. The fourth-order valence-electron chi connectivity index (χ4n) is 1.75. The van der Waals surface area contributed by atoms with Crippen molar-refractivity contribution in [1.29, 1.82) is 0 Å². The van der Waals surface area contributed by atoms with Crippen LogP contribution in [0.4, 0.5) is 5.69 Å². The lowest BCUT2D eigenvalue weighted by Crippen LogP contribution is -2.28.